The SMILES string of the molecule is COc1ccc(C2C(C#N)=C(N)Oc3n[nH]c(-c4cccc5ccccc45)c32)c(OC)c1. The fourth-order valence-electron chi connectivity index (χ4n) is 4.26. The molecule has 4 aromatic rings. The lowest BCUT2D eigenvalue weighted by Crippen LogP contribution is -2.21. The second kappa shape index (κ2) is 7.67. The van der Waals surface area contributed by atoms with E-state index < -0.39 is 5.92 Å². The molecule has 1 aliphatic rings. The van der Waals surface area contributed by atoms with Crippen LogP contribution < -0.4 is 19.9 Å². The zero-order valence-electron chi connectivity index (χ0n) is 17.5. The van der Waals surface area contributed by atoms with Crippen molar-refractivity contribution in [3.8, 4) is 34.7 Å². The zero-order chi connectivity index (χ0) is 22.2. The lowest BCUT2D eigenvalue weighted by atomic mass is 9.82. The molecule has 32 heavy (non-hydrogen) atoms. The van der Waals surface area contributed by atoms with E-state index in [0.29, 0.717) is 23.0 Å². The Morgan fingerprint density at radius 2 is 1.88 bits per heavy atom. The molecule has 3 N–H and O–H groups in total. The Morgan fingerprint density at radius 1 is 1.06 bits per heavy atom. The minimum Gasteiger partial charge on any atom is -0.497 e. The molecule has 7 heteroatoms. The molecular formula is C25H20N4O3. The van der Waals surface area contributed by atoms with Gasteiger partial charge in [-0.25, -0.2) is 0 Å². The van der Waals surface area contributed by atoms with Gasteiger partial charge in [0, 0.05) is 17.2 Å². The number of allylic oxidation sites excluding steroid dienone is 1. The molecule has 0 bridgehead atoms. The minimum absolute atomic E-state index is 0.0267. The first-order valence-corrected chi connectivity index (χ1v) is 10.0. The van der Waals surface area contributed by atoms with Crippen LogP contribution >= 0.6 is 0 Å². The number of ether oxygens (including phenoxy) is 3. The van der Waals surface area contributed by atoms with Gasteiger partial charge in [-0.05, 0) is 16.8 Å². The number of methoxy groups -OCH3 is 2. The van der Waals surface area contributed by atoms with Gasteiger partial charge >= 0.3 is 0 Å². The van der Waals surface area contributed by atoms with Crippen molar-refractivity contribution in [3.63, 3.8) is 0 Å². The first-order chi connectivity index (χ1) is 15.7. The van der Waals surface area contributed by atoms with Crippen LogP contribution in [0.4, 0.5) is 0 Å². The third-order valence-electron chi connectivity index (χ3n) is 5.75. The van der Waals surface area contributed by atoms with Crippen LogP contribution in [0.25, 0.3) is 22.0 Å². The summed E-state index contributed by atoms with van der Waals surface area (Å²) in [5.74, 6) is 1.06. The third-order valence-corrected chi connectivity index (χ3v) is 5.75. The maximum atomic E-state index is 9.99. The lowest BCUT2D eigenvalue weighted by molar-refractivity contribution is 0.373. The Hall–Kier alpha value is -4.44. The van der Waals surface area contributed by atoms with Crippen LogP contribution in [0.2, 0.25) is 0 Å². The van der Waals surface area contributed by atoms with Gasteiger partial charge in [0.1, 0.15) is 23.1 Å². The molecule has 0 saturated heterocycles. The van der Waals surface area contributed by atoms with E-state index in [2.05, 4.69) is 34.5 Å². The standard InChI is InChI=1S/C25H20N4O3/c1-30-15-10-11-18(20(12-15)31-2)21-19(13-26)24(27)32-25-22(21)23(28-29-25)17-9-5-7-14-6-3-4-8-16(14)17/h3-12,21H,27H2,1-2H3,(H,28,29). The molecule has 0 aliphatic carbocycles. The lowest BCUT2D eigenvalue weighted by Gasteiger charge is -2.25. The maximum Gasteiger partial charge on any atom is 0.244 e. The number of aromatic amines is 1. The van der Waals surface area contributed by atoms with Crippen molar-refractivity contribution in [2.45, 2.75) is 5.92 Å². The fraction of sp³-hybridized carbons (Fsp3) is 0.120. The number of hydrogen-bond donors (Lipinski definition) is 2. The van der Waals surface area contributed by atoms with Crippen LogP contribution in [0.5, 0.6) is 17.4 Å². The van der Waals surface area contributed by atoms with Crippen molar-refractivity contribution in [1.82, 2.24) is 10.2 Å². The summed E-state index contributed by atoms with van der Waals surface area (Å²) < 4.78 is 16.7. The third kappa shape index (κ3) is 2.93. The number of aromatic nitrogens is 2. The zero-order valence-corrected chi connectivity index (χ0v) is 17.5. The smallest absolute Gasteiger partial charge is 0.244 e. The Kier molecular flexibility index (Phi) is 4.68. The summed E-state index contributed by atoms with van der Waals surface area (Å²) in [5, 5.41) is 19.6. The second-order valence-corrected chi connectivity index (χ2v) is 7.38. The van der Waals surface area contributed by atoms with Gasteiger partial charge in [-0.2, -0.15) is 5.26 Å². The summed E-state index contributed by atoms with van der Waals surface area (Å²) in [6, 6.07) is 21.9. The highest BCUT2D eigenvalue weighted by Crippen LogP contribution is 2.49. The molecule has 1 aliphatic heterocycles. The molecule has 3 aromatic carbocycles. The first-order valence-electron chi connectivity index (χ1n) is 10.0. The van der Waals surface area contributed by atoms with Crippen LogP contribution in [0, 0.1) is 11.3 Å². The van der Waals surface area contributed by atoms with Crippen molar-refractivity contribution in [3.05, 3.63) is 83.2 Å². The number of nitriles is 1. The van der Waals surface area contributed by atoms with E-state index in [1.54, 1.807) is 20.3 Å². The molecule has 1 unspecified atom stereocenters. The van der Waals surface area contributed by atoms with Crippen LogP contribution in [-0.2, 0) is 0 Å². The van der Waals surface area contributed by atoms with Gasteiger partial charge in [0.25, 0.3) is 0 Å². The molecule has 0 saturated carbocycles. The number of hydrogen-bond acceptors (Lipinski definition) is 6. The quantitative estimate of drug-likeness (QED) is 0.501. The van der Waals surface area contributed by atoms with E-state index in [4.69, 9.17) is 19.9 Å². The summed E-state index contributed by atoms with van der Waals surface area (Å²) in [7, 11) is 3.17. The number of benzene rings is 3. The van der Waals surface area contributed by atoms with E-state index >= 15 is 0 Å². The van der Waals surface area contributed by atoms with Gasteiger partial charge in [0.2, 0.25) is 11.8 Å². The van der Waals surface area contributed by atoms with E-state index in [-0.39, 0.29) is 5.88 Å². The molecule has 0 fully saturated rings. The average molecular weight is 424 g/mol. The monoisotopic (exact) mass is 424 g/mol. The normalized spacial score (nSPS) is 15.1. The number of fused-ring (bicyclic) bond motifs is 2. The Morgan fingerprint density at radius 3 is 2.66 bits per heavy atom. The Bertz CT molecular complexity index is 1410. The van der Waals surface area contributed by atoms with E-state index in [9.17, 15) is 5.26 Å². The highest BCUT2D eigenvalue weighted by Gasteiger charge is 2.37. The first kappa shape index (κ1) is 19.5. The van der Waals surface area contributed by atoms with Gasteiger partial charge < -0.3 is 19.9 Å². The highest BCUT2D eigenvalue weighted by molar-refractivity contribution is 5.97. The number of nitrogens with two attached hydrogens (primary N) is 1. The molecule has 0 amide bonds. The Balaban J connectivity index is 1.79. The van der Waals surface area contributed by atoms with Gasteiger partial charge in [-0.15, -0.1) is 5.10 Å². The molecule has 2 heterocycles. The van der Waals surface area contributed by atoms with Crippen molar-refractivity contribution >= 4 is 10.8 Å². The number of nitrogens with zero attached hydrogens (tertiary/aromatic N) is 2. The summed E-state index contributed by atoms with van der Waals surface area (Å²) in [4.78, 5) is 0. The summed E-state index contributed by atoms with van der Waals surface area (Å²) >= 11 is 0. The molecule has 5 rings (SSSR count). The summed E-state index contributed by atoms with van der Waals surface area (Å²) in [6.07, 6.45) is 0. The van der Waals surface area contributed by atoms with Crippen molar-refractivity contribution in [1.29, 1.82) is 5.26 Å². The summed E-state index contributed by atoms with van der Waals surface area (Å²) in [5.41, 5.74) is 9.64. The topological polar surface area (TPSA) is 106 Å². The molecule has 1 aromatic heterocycles. The molecule has 158 valence electrons. The predicted molar refractivity (Wildman–Crippen MR) is 120 cm³/mol. The summed E-state index contributed by atoms with van der Waals surface area (Å²) in [6.45, 7) is 0. The maximum absolute atomic E-state index is 9.99. The molecular weight excluding hydrogens is 404 g/mol. The molecule has 7 nitrogen and oxygen atoms in total. The van der Waals surface area contributed by atoms with E-state index in [1.807, 2.05) is 36.4 Å². The predicted octanol–water partition coefficient (Wildman–Crippen LogP) is 4.47. The van der Waals surface area contributed by atoms with Crippen LogP contribution in [0.1, 0.15) is 17.0 Å². The van der Waals surface area contributed by atoms with Gasteiger partial charge in [-0.1, -0.05) is 48.5 Å². The van der Waals surface area contributed by atoms with Crippen LogP contribution in [-0.4, -0.2) is 24.4 Å². The molecule has 0 spiro atoms. The minimum atomic E-state index is -0.530. The second-order valence-electron chi connectivity index (χ2n) is 7.38. The number of H-pyrrole nitrogens is 1. The largest absolute Gasteiger partial charge is 0.497 e. The number of rotatable bonds is 4. The molecule has 1 atom stereocenters. The fourth-order valence-corrected chi connectivity index (χ4v) is 4.26. The number of nitrogens with one attached hydrogen (secondary N) is 1. The Labute approximate surface area is 184 Å². The molecule has 0 radical (unpaired) electrons. The van der Waals surface area contributed by atoms with Crippen molar-refractivity contribution < 1.29 is 14.2 Å². The van der Waals surface area contributed by atoms with Crippen molar-refractivity contribution in [2.75, 3.05) is 14.2 Å². The average Bonchev–Trinajstić information content (AvgIpc) is 3.25. The highest BCUT2D eigenvalue weighted by atomic mass is 16.5. The van der Waals surface area contributed by atoms with E-state index in [1.165, 1.54) is 0 Å². The van der Waals surface area contributed by atoms with E-state index in [0.717, 1.165) is 33.2 Å². The van der Waals surface area contributed by atoms with Gasteiger partial charge in [0.15, 0.2) is 0 Å². The van der Waals surface area contributed by atoms with Crippen LogP contribution in [0.3, 0.4) is 0 Å². The van der Waals surface area contributed by atoms with Gasteiger partial charge in [0.05, 0.1) is 31.4 Å². The van der Waals surface area contributed by atoms with Gasteiger partial charge in [-0.3, -0.25) is 5.10 Å². The van der Waals surface area contributed by atoms with Crippen molar-refractivity contribution in [2.24, 2.45) is 5.73 Å². The van der Waals surface area contributed by atoms with Crippen LogP contribution in [0.15, 0.2) is 72.1 Å².